The first-order chi connectivity index (χ1) is 10.1. The topological polar surface area (TPSA) is 85.1 Å². The number of hydrazine groups is 1. The summed E-state index contributed by atoms with van der Waals surface area (Å²) >= 11 is 0. The Balaban J connectivity index is 2.11. The van der Waals surface area contributed by atoms with Crippen LogP contribution in [0.15, 0.2) is 6.33 Å². The smallest absolute Gasteiger partial charge is 0.205 e. The summed E-state index contributed by atoms with van der Waals surface area (Å²) in [6, 6.07) is 0. The van der Waals surface area contributed by atoms with E-state index in [9.17, 15) is 0 Å². The summed E-state index contributed by atoms with van der Waals surface area (Å²) in [5.74, 6) is 7.93. The molecule has 0 spiro atoms. The van der Waals surface area contributed by atoms with Crippen LogP contribution in [-0.4, -0.2) is 23.6 Å². The van der Waals surface area contributed by atoms with E-state index in [2.05, 4.69) is 34.6 Å². The molecule has 21 heavy (non-hydrogen) atoms. The van der Waals surface area contributed by atoms with Gasteiger partial charge in [0.1, 0.15) is 6.33 Å². The van der Waals surface area contributed by atoms with Gasteiger partial charge in [-0.25, -0.2) is 15.8 Å². The van der Waals surface area contributed by atoms with Gasteiger partial charge in [-0.1, -0.05) is 26.7 Å². The first-order valence-electron chi connectivity index (χ1n) is 7.70. The van der Waals surface area contributed by atoms with Crippen molar-refractivity contribution in [3.05, 3.63) is 6.33 Å². The quantitative estimate of drug-likeness (QED) is 0.529. The number of ether oxygens (including phenoxy) is 1. The van der Waals surface area contributed by atoms with E-state index in [1.54, 1.807) is 7.11 Å². The molecule has 1 aromatic rings. The normalized spacial score (nSPS) is 17.0. The van der Waals surface area contributed by atoms with E-state index in [-0.39, 0.29) is 0 Å². The van der Waals surface area contributed by atoms with Gasteiger partial charge in [-0.3, -0.25) is 0 Å². The van der Waals surface area contributed by atoms with Crippen molar-refractivity contribution in [3.8, 4) is 5.75 Å². The van der Waals surface area contributed by atoms with Crippen LogP contribution in [0, 0.1) is 11.3 Å². The monoisotopic (exact) mass is 293 g/mol. The van der Waals surface area contributed by atoms with Crippen LogP contribution in [0.1, 0.15) is 46.0 Å². The Morgan fingerprint density at radius 3 is 2.52 bits per heavy atom. The van der Waals surface area contributed by atoms with Gasteiger partial charge in [0.2, 0.25) is 5.75 Å². The number of nitrogens with two attached hydrogens (primary N) is 1. The van der Waals surface area contributed by atoms with E-state index >= 15 is 0 Å². The van der Waals surface area contributed by atoms with E-state index in [0.717, 1.165) is 6.54 Å². The number of nitrogens with zero attached hydrogens (tertiary/aromatic N) is 2. The summed E-state index contributed by atoms with van der Waals surface area (Å²) in [6.07, 6.45) is 7.95. The standard InChI is InChI=1S/C15H27N5O/c1-11(2)8-15(6-4-5-7-15)9-17-13-12(21-3)14(20-16)19-10-18-13/h10-11H,4-9,16H2,1-3H3,(H2,17,18,19,20). The summed E-state index contributed by atoms with van der Waals surface area (Å²) in [7, 11) is 1.60. The third-order valence-corrected chi connectivity index (χ3v) is 4.28. The van der Waals surface area contributed by atoms with Crippen LogP contribution < -0.4 is 21.3 Å². The first-order valence-corrected chi connectivity index (χ1v) is 7.70. The molecule has 1 aliphatic rings. The van der Waals surface area contributed by atoms with Gasteiger partial charge in [0, 0.05) is 6.54 Å². The molecular formula is C15H27N5O. The molecule has 1 fully saturated rings. The first kappa shape index (κ1) is 15.8. The highest BCUT2D eigenvalue weighted by Crippen LogP contribution is 2.43. The number of hydrogen-bond acceptors (Lipinski definition) is 6. The van der Waals surface area contributed by atoms with Gasteiger partial charge in [-0.05, 0) is 30.6 Å². The van der Waals surface area contributed by atoms with Crippen molar-refractivity contribution in [2.45, 2.75) is 46.0 Å². The summed E-state index contributed by atoms with van der Waals surface area (Å²) in [4.78, 5) is 8.35. The maximum Gasteiger partial charge on any atom is 0.205 e. The average molecular weight is 293 g/mol. The lowest BCUT2D eigenvalue weighted by atomic mass is 9.78. The number of aromatic nitrogens is 2. The molecule has 1 aliphatic carbocycles. The zero-order valence-electron chi connectivity index (χ0n) is 13.3. The fourth-order valence-electron chi connectivity index (χ4n) is 3.51. The molecule has 2 rings (SSSR count). The lowest BCUT2D eigenvalue weighted by Crippen LogP contribution is -2.29. The van der Waals surface area contributed by atoms with Crippen LogP contribution >= 0.6 is 0 Å². The second-order valence-corrected chi connectivity index (χ2v) is 6.41. The number of rotatable bonds is 7. The van der Waals surface area contributed by atoms with Crippen LogP contribution in [0.2, 0.25) is 0 Å². The van der Waals surface area contributed by atoms with Gasteiger partial charge in [0.05, 0.1) is 7.11 Å². The van der Waals surface area contributed by atoms with Crippen LogP contribution in [0.3, 0.4) is 0 Å². The maximum absolute atomic E-state index is 5.46. The highest BCUT2D eigenvalue weighted by molar-refractivity contribution is 5.63. The molecule has 1 aromatic heterocycles. The van der Waals surface area contributed by atoms with Crippen molar-refractivity contribution < 1.29 is 4.74 Å². The van der Waals surface area contributed by atoms with E-state index in [1.807, 2.05) is 0 Å². The van der Waals surface area contributed by atoms with Crippen LogP contribution in [0.5, 0.6) is 5.75 Å². The van der Waals surface area contributed by atoms with Crippen molar-refractivity contribution >= 4 is 11.6 Å². The van der Waals surface area contributed by atoms with Crippen molar-refractivity contribution in [1.29, 1.82) is 0 Å². The summed E-state index contributed by atoms with van der Waals surface area (Å²) < 4.78 is 5.37. The maximum atomic E-state index is 5.46. The van der Waals surface area contributed by atoms with Crippen LogP contribution in [0.25, 0.3) is 0 Å². The summed E-state index contributed by atoms with van der Waals surface area (Å²) in [5.41, 5.74) is 2.92. The third kappa shape index (κ3) is 3.75. The summed E-state index contributed by atoms with van der Waals surface area (Å²) in [6.45, 7) is 5.51. The van der Waals surface area contributed by atoms with E-state index in [0.29, 0.717) is 28.7 Å². The fourth-order valence-corrected chi connectivity index (χ4v) is 3.51. The molecule has 0 saturated heterocycles. The fraction of sp³-hybridized carbons (Fsp3) is 0.733. The van der Waals surface area contributed by atoms with Gasteiger partial charge in [-0.2, -0.15) is 0 Å². The molecule has 1 heterocycles. The number of hydrogen-bond donors (Lipinski definition) is 3. The van der Waals surface area contributed by atoms with Crippen molar-refractivity contribution in [1.82, 2.24) is 9.97 Å². The summed E-state index contributed by atoms with van der Waals surface area (Å²) in [5, 5.41) is 3.46. The van der Waals surface area contributed by atoms with Gasteiger partial charge in [-0.15, -0.1) is 0 Å². The van der Waals surface area contributed by atoms with E-state index < -0.39 is 0 Å². The Morgan fingerprint density at radius 2 is 1.95 bits per heavy atom. The van der Waals surface area contributed by atoms with Crippen LogP contribution in [-0.2, 0) is 0 Å². The SMILES string of the molecule is COc1c(NN)ncnc1NCC1(CC(C)C)CCCC1. The Bertz CT molecular complexity index is 457. The highest BCUT2D eigenvalue weighted by Gasteiger charge is 2.34. The molecule has 4 N–H and O–H groups in total. The largest absolute Gasteiger partial charge is 0.490 e. The van der Waals surface area contributed by atoms with Crippen molar-refractivity contribution in [2.75, 3.05) is 24.4 Å². The Morgan fingerprint density at radius 1 is 1.29 bits per heavy atom. The predicted octanol–water partition coefficient (Wildman–Crippen LogP) is 2.79. The Labute approximate surface area is 126 Å². The minimum Gasteiger partial charge on any atom is -0.490 e. The molecular weight excluding hydrogens is 266 g/mol. The minimum absolute atomic E-state index is 0.375. The molecule has 0 aromatic carbocycles. The highest BCUT2D eigenvalue weighted by atomic mass is 16.5. The predicted molar refractivity (Wildman–Crippen MR) is 85.2 cm³/mol. The van der Waals surface area contributed by atoms with Crippen molar-refractivity contribution in [2.24, 2.45) is 17.2 Å². The van der Waals surface area contributed by atoms with E-state index in [1.165, 1.54) is 38.4 Å². The second kappa shape index (κ2) is 6.93. The van der Waals surface area contributed by atoms with Gasteiger partial charge in [0.15, 0.2) is 11.6 Å². The van der Waals surface area contributed by atoms with Gasteiger partial charge < -0.3 is 15.5 Å². The Hall–Kier alpha value is -1.56. The zero-order valence-corrected chi connectivity index (χ0v) is 13.3. The number of methoxy groups -OCH3 is 1. The number of anilines is 2. The lowest BCUT2D eigenvalue weighted by Gasteiger charge is -2.31. The van der Waals surface area contributed by atoms with Crippen molar-refractivity contribution in [3.63, 3.8) is 0 Å². The molecule has 0 bridgehead atoms. The molecule has 0 atom stereocenters. The number of nitrogens with one attached hydrogen (secondary N) is 2. The lowest BCUT2D eigenvalue weighted by molar-refractivity contribution is 0.252. The molecule has 118 valence electrons. The third-order valence-electron chi connectivity index (χ3n) is 4.28. The molecule has 0 radical (unpaired) electrons. The number of nitrogen functional groups attached to an aromatic ring is 1. The van der Waals surface area contributed by atoms with Gasteiger partial charge in [0.25, 0.3) is 0 Å². The zero-order chi connectivity index (χ0) is 15.3. The minimum atomic E-state index is 0.375. The molecule has 0 amide bonds. The van der Waals surface area contributed by atoms with E-state index in [4.69, 9.17) is 10.6 Å². The molecule has 0 aliphatic heterocycles. The Kier molecular flexibility index (Phi) is 5.22. The van der Waals surface area contributed by atoms with Crippen LogP contribution in [0.4, 0.5) is 11.6 Å². The molecule has 6 nitrogen and oxygen atoms in total. The second-order valence-electron chi connectivity index (χ2n) is 6.41. The molecule has 6 heteroatoms. The molecule has 1 saturated carbocycles. The van der Waals surface area contributed by atoms with Gasteiger partial charge >= 0.3 is 0 Å². The molecule has 0 unspecified atom stereocenters. The average Bonchev–Trinajstić information content (AvgIpc) is 2.92.